The Balaban J connectivity index is 1.62. The van der Waals surface area contributed by atoms with Gasteiger partial charge >= 0.3 is 6.03 Å². The van der Waals surface area contributed by atoms with Crippen LogP contribution in [0.3, 0.4) is 0 Å². The van der Waals surface area contributed by atoms with Crippen LogP contribution in [0.1, 0.15) is 5.56 Å². The number of carbonyl (C=O) groups is 1. The molecule has 0 aromatic carbocycles. The molecule has 3 heterocycles. The van der Waals surface area contributed by atoms with Crippen molar-refractivity contribution in [3.05, 3.63) is 23.9 Å². The Kier molecular flexibility index (Phi) is 2.79. The minimum absolute atomic E-state index is 0.0776. The van der Waals surface area contributed by atoms with Crippen LogP contribution in [0.2, 0.25) is 0 Å². The molecule has 1 unspecified atom stereocenters. The van der Waals surface area contributed by atoms with E-state index in [0.29, 0.717) is 11.9 Å². The molecule has 3 N–H and O–H groups in total. The largest absolute Gasteiger partial charge is 0.384 e. The number of aromatic nitrogens is 1. The number of rotatable bonds is 2. The number of nitrogens with zero attached hydrogens (tertiary/aromatic N) is 3. The summed E-state index contributed by atoms with van der Waals surface area (Å²) in [5, 5.41) is 2.88. The number of amides is 2. The van der Waals surface area contributed by atoms with Crippen LogP contribution in [0.4, 0.5) is 10.6 Å². The van der Waals surface area contributed by atoms with Crippen LogP contribution in [-0.4, -0.2) is 53.0 Å². The molecule has 1 atom stereocenters. The number of nitrogens with two attached hydrogens (primary N) is 1. The first-order chi connectivity index (χ1) is 8.72. The van der Waals surface area contributed by atoms with Gasteiger partial charge in [-0.3, -0.25) is 4.90 Å². The van der Waals surface area contributed by atoms with E-state index in [9.17, 15) is 4.79 Å². The Hall–Kier alpha value is -1.82. The Morgan fingerprint density at radius 2 is 2.33 bits per heavy atom. The lowest BCUT2D eigenvalue weighted by atomic mass is 10.1. The van der Waals surface area contributed by atoms with E-state index in [0.717, 1.165) is 38.3 Å². The number of urea groups is 1. The summed E-state index contributed by atoms with van der Waals surface area (Å²) < 4.78 is 0. The number of hydrogen-bond donors (Lipinski definition) is 2. The fraction of sp³-hybridized carbons (Fsp3) is 0.500. The first-order valence-electron chi connectivity index (χ1n) is 6.19. The van der Waals surface area contributed by atoms with Crippen LogP contribution < -0.4 is 11.1 Å². The zero-order chi connectivity index (χ0) is 12.5. The highest BCUT2D eigenvalue weighted by atomic mass is 16.2. The Bertz CT molecular complexity index is 446. The van der Waals surface area contributed by atoms with E-state index in [2.05, 4.69) is 15.2 Å². The van der Waals surface area contributed by atoms with E-state index in [-0.39, 0.29) is 6.03 Å². The van der Waals surface area contributed by atoms with Crippen molar-refractivity contribution in [2.24, 2.45) is 0 Å². The number of anilines is 1. The van der Waals surface area contributed by atoms with Gasteiger partial charge in [-0.05, 0) is 11.6 Å². The summed E-state index contributed by atoms with van der Waals surface area (Å²) in [5.74, 6) is 0.550. The first kappa shape index (κ1) is 11.3. The van der Waals surface area contributed by atoms with Gasteiger partial charge in [0.05, 0.1) is 6.04 Å². The van der Waals surface area contributed by atoms with Crippen molar-refractivity contribution >= 4 is 11.8 Å². The van der Waals surface area contributed by atoms with Gasteiger partial charge in [0.1, 0.15) is 5.82 Å². The molecule has 0 radical (unpaired) electrons. The summed E-state index contributed by atoms with van der Waals surface area (Å²) in [4.78, 5) is 19.9. The minimum Gasteiger partial charge on any atom is -0.384 e. The van der Waals surface area contributed by atoms with Gasteiger partial charge < -0.3 is 16.0 Å². The number of nitrogen functional groups attached to an aromatic ring is 1. The lowest BCUT2D eigenvalue weighted by Gasteiger charge is -2.36. The summed E-state index contributed by atoms with van der Waals surface area (Å²) in [6.45, 7) is 4.26. The van der Waals surface area contributed by atoms with Gasteiger partial charge in [0, 0.05) is 38.9 Å². The summed E-state index contributed by atoms with van der Waals surface area (Å²) in [6.07, 6.45) is 1.82. The highest BCUT2D eigenvalue weighted by Gasteiger charge is 2.35. The predicted molar refractivity (Wildman–Crippen MR) is 67.8 cm³/mol. The van der Waals surface area contributed by atoms with E-state index in [1.54, 1.807) is 0 Å². The van der Waals surface area contributed by atoms with Gasteiger partial charge in [-0.25, -0.2) is 9.78 Å². The number of nitrogens with one attached hydrogen (secondary N) is 1. The maximum Gasteiger partial charge on any atom is 0.317 e. The molecule has 2 aliphatic rings. The Morgan fingerprint density at radius 1 is 1.44 bits per heavy atom. The van der Waals surface area contributed by atoms with Crippen molar-refractivity contribution in [2.75, 3.05) is 31.9 Å². The molecule has 96 valence electrons. The number of hydrogen-bond acceptors (Lipinski definition) is 4. The van der Waals surface area contributed by atoms with Gasteiger partial charge in [-0.15, -0.1) is 0 Å². The van der Waals surface area contributed by atoms with Crippen molar-refractivity contribution in [1.29, 1.82) is 0 Å². The van der Waals surface area contributed by atoms with E-state index < -0.39 is 0 Å². The molecule has 6 heteroatoms. The quantitative estimate of drug-likeness (QED) is 0.763. The predicted octanol–water partition coefficient (Wildman–Crippen LogP) is -0.127. The van der Waals surface area contributed by atoms with Crippen LogP contribution in [0, 0.1) is 0 Å². The van der Waals surface area contributed by atoms with Crippen LogP contribution >= 0.6 is 0 Å². The van der Waals surface area contributed by atoms with Crippen molar-refractivity contribution in [3.63, 3.8) is 0 Å². The molecule has 0 saturated carbocycles. The van der Waals surface area contributed by atoms with E-state index in [4.69, 9.17) is 5.73 Å². The highest BCUT2D eigenvalue weighted by molar-refractivity contribution is 5.77. The molecule has 2 aliphatic heterocycles. The second kappa shape index (κ2) is 4.45. The molecule has 18 heavy (non-hydrogen) atoms. The van der Waals surface area contributed by atoms with Gasteiger partial charge in [-0.1, -0.05) is 6.07 Å². The topological polar surface area (TPSA) is 74.5 Å². The number of fused-ring (bicyclic) bond motifs is 1. The van der Waals surface area contributed by atoms with E-state index >= 15 is 0 Å². The average molecular weight is 247 g/mol. The third-order valence-corrected chi connectivity index (χ3v) is 3.57. The van der Waals surface area contributed by atoms with Gasteiger partial charge in [0.15, 0.2) is 0 Å². The third-order valence-electron chi connectivity index (χ3n) is 3.57. The average Bonchev–Trinajstić information content (AvgIpc) is 2.74. The molecule has 3 rings (SSSR count). The molecular weight excluding hydrogens is 230 g/mol. The molecule has 0 spiro atoms. The summed E-state index contributed by atoms with van der Waals surface area (Å²) >= 11 is 0. The van der Waals surface area contributed by atoms with Crippen molar-refractivity contribution in [2.45, 2.75) is 12.6 Å². The summed E-state index contributed by atoms with van der Waals surface area (Å²) in [6, 6.07) is 4.22. The third kappa shape index (κ3) is 2.11. The van der Waals surface area contributed by atoms with Crippen LogP contribution in [-0.2, 0) is 6.54 Å². The van der Waals surface area contributed by atoms with Gasteiger partial charge in [-0.2, -0.15) is 0 Å². The normalized spacial score (nSPS) is 23.9. The Morgan fingerprint density at radius 3 is 3.11 bits per heavy atom. The second-order valence-corrected chi connectivity index (χ2v) is 4.86. The lowest BCUT2D eigenvalue weighted by molar-refractivity contribution is 0.116. The van der Waals surface area contributed by atoms with Crippen LogP contribution in [0.5, 0.6) is 0 Å². The van der Waals surface area contributed by atoms with Gasteiger partial charge in [0.25, 0.3) is 0 Å². The van der Waals surface area contributed by atoms with Gasteiger partial charge in [0.2, 0.25) is 0 Å². The van der Waals surface area contributed by atoms with E-state index in [1.165, 1.54) is 0 Å². The molecular formula is C12H17N5O. The van der Waals surface area contributed by atoms with Crippen molar-refractivity contribution < 1.29 is 4.79 Å². The first-order valence-corrected chi connectivity index (χ1v) is 6.19. The molecule has 6 nitrogen and oxygen atoms in total. The highest BCUT2D eigenvalue weighted by Crippen LogP contribution is 2.16. The van der Waals surface area contributed by atoms with Crippen LogP contribution in [0.25, 0.3) is 0 Å². The lowest BCUT2D eigenvalue weighted by Crippen LogP contribution is -2.51. The van der Waals surface area contributed by atoms with Crippen molar-refractivity contribution in [3.8, 4) is 0 Å². The molecule has 2 fully saturated rings. The number of pyridine rings is 1. The zero-order valence-electron chi connectivity index (χ0n) is 10.2. The van der Waals surface area contributed by atoms with Crippen molar-refractivity contribution in [1.82, 2.24) is 20.1 Å². The maximum absolute atomic E-state index is 11.5. The van der Waals surface area contributed by atoms with Crippen LogP contribution in [0.15, 0.2) is 18.3 Å². The second-order valence-electron chi connectivity index (χ2n) is 4.86. The summed E-state index contributed by atoms with van der Waals surface area (Å²) in [7, 11) is 0. The minimum atomic E-state index is 0.0776. The molecule has 0 aliphatic carbocycles. The molecule has 0 bridgehead atoms. The Labute approximate surface area is 106 Å². The molecule has 1 aromatic rings. The monoisotopic (exact) mass is 247 g/mol. The number of carbonyl (C=O) groups excluding carboxylic acids is 1. The fourth-order valence-electron chi connectivity index (χ4n) is 2.60. The molecule has 2 saturated heterocycles. The smallest absolute Gasteiger partial charge is 0.317 e. The standard InChI is InChI=1S/C12H17N5O/c13-11-2-1-9(5-14-11)7-16-3-4-17-10(8-16)6-15-12(17)18/h1-2,5,10H,3-4,6-8H2,(H2,13,14)(H,15,18). The SMILES string of the molecule is Nc1ccc(CN2CCN3C(=O)NCC3C2)cn1. The molecule has 1 aromatic heterocycles. The zero-order valence-corrected chi connectivity index (χ0v) is 10.2. The number of piperazine rings is 1. The maximum atomic E-state index is 11.5. The summed E-state index contributed by atoms with van der Waals surface area (Å²) in [5.41, 5.74) is 6.73. The van der Waals surface area contributed by atoms with E-state index in [1.807, 2.05) is 23.2 Å². The fourth-order valence-corrected chi connectivity index (χ4v) is 2.60. The molecule has 2 amide bonds.